The Balaban J connectivity index is 2.02. The smallest absolute Gasteiger partial charge is 0.343 e. The van der Waals surface area contributed by atoms with E-state index in [1.54, 1.807) is 24.3 Å². The maximum Gasteiger partial charge on any atom is 0.343 e. The lowest BCUT2D eigenvalue weighted by molar-refractivity contribution is 0.0734. The number of esters is 1. The van der Waals surface area contributed by atoms with Crippen molar-refractivity contribution in [2.45, 2.75) is 0 Å². The summed E-state index contributed by atoms with van der Waals surface area (Å²) >= 11 is 11.7. The number of ether oxygens (including phenoxy) is 1. The van der Waals surface area contributed by atoms with Gasteiger partial charge in [-0.25, -0.2) is 15.0 Å². The van der Waals surface area contributed by atoms with Crippen LogP contribution in [0.4, 0.5) is 4.79 Å². The zero-order chi connectivity index (χ0) is 16.8. The predicted molar refractivity (Wildman–Crippen MR) is 88.2 cm³/mol. The molecule has 2 amide bonds. The molecule has 0 saturated heterocycles. The molecule has 0 heterocycles. The van der Waals surface area contributed by atoms with Crippen molar-refractivity contribution in [1.29, 1.82) is 0 Å². The fourth-order valence-corrected chi connectivity index (χ4v) is 1.88. The SMILES string of the molecule is NC(=O)N/N=C\c1ccc(OC(=O)c2ccc(Cl)c(Cl)c2)cc1. The summed E-state index contributed by atoms with van der Waals surface area (Å²) in [5, 5.41) is 4.24. The Bertz CT molecular complexity index is 761. The van der Waals surface area contributed by atoms with Crippen molar-refractivity contribution >= 4 is 41.4 Å². The van der Waals surface area contributed by atoms with Crippen LogP contribution in [-0.2, 0) is 0 Å². The lowest BCUT2D eigenvalue weighted by atomic mass is 10.2. The summed E-state index contributed by atoms with van der Waals surface area (Å²) in [6, 6.07) is 10.2. The first-order valence-corrected chi connectivity index (χ1v) is 7.07. The van der Waals surface area contributed by atoms with Crippen molar-refractivity contribution < 1.29 is 14.3 Å². The molecule has 3 N–H and O–H groups in total. The molecule has 0 aliphatic rings. The number of urea groups is 1. The standard InChI is InChI=1S/C15H11Cl2N3O3/c16-12-6-3-10(7-13(12)17)14(21)23-11-4-1-9(2-5-11)8-19-20-15(18)22/h1-8H,(H3,18,20,22)/b19-8-. The Morgan fingerprint density at radius 1 is 1.09 bits per heavy atom. The van der Waals surface area contributed by atoms with E-state index in [0.29, 0.717) is 16.3 Å². The first-order chi connectivity index (χ1) is 11.0. The molecule has 6 nitrogen and oxygen atoms in total. The van der Waals surface area contributed by atoms with Crippen LogP contribution in [0.1, 0.15) is 15.9 Å². The number of primary amides is 1. The minimum atomic E-state index is -0.756. The van der Waals surface area contributed by atoms with Gasteiger partial charge in [0.1, 0.15) is 5.75 Å². The molecule has 0 atom stereocenters. The Morgan fingerprint density at radius 3 is 2.39 bits per heavy atom. The van der Waals surface area contributed by atoms with Crippen LogP contribution in [-0.4, -0.2) is 18.2 Å². The minimum Gasteiger partial charge on any atom is -0.423 e. The minimum absolute atomic E-state index is 0.273. The second-order valence-corrected chi connectivity index (χ2v) is 5.14. The van der Waals surface area contributed by atoms with Crippen molar-refractivity contribution in [2.75, 3.05) is 0 Å². The van der Waals surface area contributed by atoms with Crippen LogP contribution in [0.2, 0.25) is 10.0 Å². The Kier molecular flexibility index (Phi) is 5.56. The number of benzene rings is 2. The summed E-state index contributed by atoms with van der Waals surface area (Å²) in [6.45, 7) is 0. The number of nitrogens with one attached hydrogen (secondary N) is 1. The number of rotatable bonds is 4. The second-order valence-electron chi connectivity index (χ2n) is 4.32. The van der Waals surface area contributed by atoms with E-state index in [0.717, 1.165) is 0 Å². The fourth-order valence-electron chi connectivity index (χ4n) is 1.58. The van der Waals surface area contributed by atoms with Crippen LogP contribution in [0.3, 0.4) is 0 Å². The van der Waals surface area contributed by atoms with Gasteiger partial charge in [0.25, 0.3) is 0 Å². The molecule has 0 aromatic heterocycles. The molecule has 2 aromatic rings. The molecular formula is C15H11Cl2N3O3. The topological polar surface area (TPSA) is 93.8 Å². The molecule has 0 aliphatic carbocycles. The monoisotopic (exact) mass is 351 g/mol. The highest BCUT2D eigenvalue weighted by molar-refractivity contribution is 6.42. The van der Waals surface area contributed by atoms with Gasteiger partial charge in [0.15, 0.2) is 0 Å². The third-order valence-corrected chi connectivity index (χ3v) is 3.37. The van der Waals surface area contributed by atoms with Crippen LogP contribution in [0.15, 0.2) is 47.6 Å². The van der Waals surface area contributed by atoms with Crippen molar-refractivity contribution in [3.05, 3.63) is 63.6 Å². The van der Waals surface area contributed by atoms with E-state index in [1.165, 1.54) is 24.4 Å². The van der Waals surface area contributed by atoms with Gasteiger partial charge in [-0.2, -0.15) is 5.10 Å². The van der Waals surface area contributed by atoms with Crippen LogP contribution in [0, 0.1) is 0 Å². The molecule has 0 bridgehead atoms. The highest BCUT2D eigenvalue weighted by Gasteiger charge is 2.10. The summed E-state index contributed by atoms with van der Waals surface area (Å²) in [7, 11) is 0. The molecule has 0 aliphatic heterocycles. The first-order valence-electron chi connectivity index (χ1n) is 6.31. The van der Waals surface area contributed by atoms with Crippen molar-refractivity contribution in [1.82, 2.24) is 5.43 Å². The zero-order valence-corrected chi connectivity index (χ0v) is 13.1. The number of nitrogens with zero attached hydrogens (tertiary/aromatic N) is 1. The molecule has 0 fully saturated rings. The summed E-state index contributed by atoms with van der Waals surface area (Å²) in [4.78, 5) is 22.5. The van der Waals surface area contributed by atoms with Gasteiger partial charge < -0.3 is 10.5 Å². The average Bonchev–Trinajstić information content (AvgIpc) is 2.51. The van der Waals surface area contributed by atoms with E-state index < -0.39 is 12.0 Å². The van der Waals surface area contributed by atoms with Gasteiger partial charge in [-0.1, -0.05) is 23.2 Å². The van der Waals surface area contributed by atoms with Crippen LogP contribution >= 0.6 is 23.2 Å². The lowest BCUT2D eigenvalue weighted by Crippen LogP contribution is -2.24. The van der Waals surface area contributed by atoms with Gasteiger partial charge in [0, 0.05) is 0 Å². The molecule has 0 saturated carbocycles. The molecule has 0 radical (unpaired) electrons. The number of carbonyl (C=O) groups is 2. The van der Waals surface area contributed by atoms with E-state index in [9.17, 15) is 9.59 Å². The molecule has 0 spiro atoms. The number of hydrogen-bond donors (Lipinski definition) is 2. The Labute approximate surface area is 141 Å². The van der Waals surface area contributed by atoms with E-state index >= 15 is 0 Å². The fraction of sp³-hybridized carbons (Fsp3) is 0. The Morgan fingerprint density at radius 2 is 1.78 bits per heavy atom. The molecule has 118 valence electrons. The van der Waals surface area contributed by atoms with E-state index in [4.69, 9.17) is 33.7 Å². The number of amides is 2. The maximum atomic E-state index is 12.0. The average molecular weight is 352 g/mol. The number of hydrazone groups is 1. The van der Waals surface area contributed by atoms with Gasteiger partial charge >= 0.3 is 12.0 Å². The summed E-state index contributed by atoms with van der Waals surface area (Å²) < 4.78 is 5.22. The van der Waals surface area contributed by atoms with Crippen LogP contribution in [0.5, 0.6) is 5.75 Å². The number of nitrogens with two attached hydrogens (primary N) is 1. The summed E-state index contributed by atoms with van der Waals surface area (Å²) in [5.41, 5.74) is 7.92. The van der Waals surface area contributed by atoms with E-state index in [-0.39, 0.29) is 10.6 Å². The van der Waals surface area contributed by atoms with Gasteiger partial charge in [-0.15, -0.1) is 0 Å². The summed E-state index contributed by atoms with van der Waals surface area (Å²) in [6.07, 6.45) is 1.40. The number of halogens is 2. The largest absolute Gasteiger partial charge is 0.423 e. The van der Waals surface area contributed by atoms with E-state index in [2.05, 4.69) is 10.5 Å². The van der Waals surface area contributed by atoms with E-state index in [1.807, 2.05) is 0 Å². The maximum absolute atomic E-state index is 12.0. The van der Waals surface area contributed by atoms with Crippen LogP contribution in [0.25, 0.3) is 0 Å². The second kappa shape index (κ2) is 7.62. The molecule has 8 heteroatoms. The molecular weight excluding hydrogens is 341 g/mol. The third kappa shape index (κ3) is 4.98. The van der Waals surface area contributed by atoms with Crippen LogP contribution < -0.4 is 15.9 Å². The molecule has 2 rings (SSSR count). The number of hydrogen-bond acceptors (Lipinski definition) is 4. The highest BCUT2D eigenvalue weighted by atomic mass is 35.5. The van der Waals surface area contributed by atoms with Gasteiger partial charge in [-0.3, -0.25) is 0 Å². The number of carbonyl (C=O) groups excluding carboxylic acids is 2. The van der Waals surface area contributed by atoms with Crippen molar-refractivity contribution in [3.8, 4) is 5.75 Å². The lowest BCUT2D eigenvalue weighted by Gasteiger charge is -2.05. The predicted octanol–water partition coefficient (Wildman–Crippen LogP) is 3.21. The normalized spacial score (nSPS) is 10.5. The van der Waals surface area contributed by atoms with Gasteiger partial charge in [-0.05, 0) is 48.0 Å². The first kappa shape index (κ1) is 16.8. The highest BCUT2D eigenvalue weighted by Crippen LogP contribution is 2.23. The Hall–Kier alpha value is -2.57. The van der Waals surface area contributed by atoms with Crippen molar-refractivity contribution in [3.63, 3.8) is 0 Å². The third-order valence-electron chi connectivity index (χ3n) is 2.63. The zero-order valence-electron chi connectivity index (χ0n) is 11.6. The summed E-state index contributed by atoms with van der Waals surface area (Å²) in [5.74, 6) is -0.207. The van der Waals surface area contributed by atoms with Gasteiger partial charge in [0.2, 0.25) is 0 Å². The molecule has 23 heavy (non-hydrogen) atoms. The molecule has 2 aromatic carbocycles. The quantitative estimate of drug-likeness (QED) is 0.383. The van der Waals surface area contributed by atoms with Gasteiger partial charge in [0.05, 0.1) is 21.8 Å². The van der Waals surface area contributed by atoms with Crippen molar-refractivity contribution in [2.24, 2.45) is 10.8 Å². The molecule has 0 unspecified atom stereocenters.